The van der Waals surface area contributed by atoms with E-state index in [-0.39, 0.29) is 11.9 Å². The van der Waals surface area contributed by atoms with Gasteiger partial charge >= 0.3 is 0 Å². The third-order valence-electron chi connectivity index (χ3n) is 4.29. The van der Waals surface area contributed by atoms with Crippen LogP contribution in [0, 0.1) is 0 Å². The van der Waals surface area contributed by atoms with Gasteiger partial charge in [0.25, 0.3) is 5.91 Å². The lowest BCUT2D eigenvalue weighted by molar-refractivity contribution is -0.142. The van der Waals surface area contributed by atoms with E-state index in [1.54, 1.807) is 29.5 Å². The Balaban J connectivity index is 1.51. The van der Waals surface area contributed by atoms with E-state index >= 15 is 0 Å². The third kappa shape index (κ3) is 3.82. The molecule has 0 fully saturated rings. The summed E-state index contributed by atoms with van der Waals surface area (Å²) in [6.45, 7) is 1.98. The Morgan fingerprint density at radius 1 is 1.38 bits per heavy atom. The maximum Gasteiger partial charge on any atom is 0.267 e. The number of hydrogen-bond donors (Lipinski definition) is 0. The monoisotopic (exact) mass is 343 g/mol. The van der Waals surface area contributed by atoms with E-state index in [0.29, 0.717) is 6.42 Å². The summed E-state index contributed by atoms with van der Waals surface area (Å²) < 4.78 is 0. The zero-order chi connectivity index (χ0) is 16.9. The number of oxime groups is 1. The predicted molar refractivity (Wildman–Crippen MR) is 95.0 cm³/mol. The molecule has 126 valence electrons. The highest BCUT2D eigenvalue weighted by Gasteiger charge is 2.32. The molecule has 0 bridgehead atoms. The first-order valence-corrected chi connectivity index (χ1v) is 8.94. The smallest absolute Gasteiger partial charge is 0.267 e. The fourth-order valence-electron chi connectivity index (χ4n) is 2.66. The SMILES string of the molecule is C[C@H](c1nccs1)N(C)C(=O)[C@H]1CC(CCc2ccccc2)=NO1. The van der Waals surface area contributed by atoms with E-state index in [1.165, 1.54) is 5.56 Å². The molecule has 2 aromatic rings. The number of likely N-dealkylation sites (N-methyl/N-ethyl adjacent to an activating group) is 1. The Hall–Kier alpha value is -2.21. The van der Waals surface area contributed by atoms with Crippen molar-refractivity contribution in [1.29, 1.82) is 0 Å². The molecule has 1 amide bonds. The molecule has 0 saturated carbocycles. The van der Waals surface area contributed by atoms with Crippen LogP contribution in [0.5, 0.6) is 0 Å². The van der Waals surface area contributed by atoms with Crippen molar-refractivity contribution in [2.45, 2.75) is 38.3 Å². The number of carbonyl (C=O) groups is 1. The van der Waals surface area contributed by atoms with Gasteiger partial charge in [-0.15, -0.1) is 11.3 Å². The lowest BCUT2D eigenvalue weighted by Crippen LogP contribution is -2.38. The van der Waals surface area contributed by atoms with Crippen LogP contribution in [0.1, 0.15) is 36.4 Å². The number of aryl methyl sites for hydroxylation is 1. The molecule has 0 unspecified atom stereocenters. The van der Waals surface area contributed by atoms with E-state index < -0.39 is 6.10 Å². The van der Waals surface area contributed by atoms with Gasteiger partial charge in [-0.25, -0.2) is 4.98 Å². The summed E-state index contributed by atoms with van der Waals surface area (Å²) in [5.74, 6) is -0.0452. The molecule has 0 saturated heterocycles. The number of rotatable bonds is 6. The number of amides is 1. The molecule has 2 heterocycles. The second kappa shape index (κ2) is 7.57. The van der Waals surface area contributed by atoms with Gasteiger partial charge in [0.05, 0.1) is 11.8 Å². The molecule has 6 heteroatoms. The van der Waals surface area contributed by atoms with Crippen molar-refractivity contribution in [3.63, 3.8) is 0 Å². The molecule has 0 radical (unpaired) electrons. The summed E-state index contributed by atoms with van der Waals surface area (Å²) in [6.07, 6.45) is 3.55. The lowest BCUT2D eigenvalue weighted by atomic mass is 10.0. The van der Waals surface area contributed by atoms with Gasteiger partial charge in [0.2, 0.25) is 6.10 Å². The zero-order valence-corrected chi connectivity index (χ0v) is 14.7. The van der Waals surface area contributed by atoms with Gasteiger partial charge in [0.15, 0.2) is 0 Å². The van der Waals surface area contributed by atoms with Crippen molar-refractivity contribution in [2.75, 3.05) is 7.05 Å². The molecule has 5 nitrogen and oxygen atoms in total. The normalized spacial score (nSPS) is 17.9. The highest BCUT2D eigenvalue weighted by atomic mass is 32.1. The van der Waals surface area contributed by atoms with Crippen molar-refractivity contribution >= 4 is 23.0 Å². The first-order valence-electron chi connectivity index (χ1n) is 8.06. The van der Waals surface area contributed by atoms with E-state index in [9.17, 15) is 4.79 Å². The molecule has 1 aromatic carbocycles. The molecule has 1 aliphatic heterocycles. The first-order chi connectivity index (χ1) is 11.6. The van der Waals surface area contributed by atoms with Crippen LogP contribution in [0.4, 0.5) is 0 Å². The van der Waals surface area contributed by atoms with Gasteiger partial charge in [-0.1, -0.05) is 35.5 Å². The van der Waals surface area contributed by atoms with E-state index in [2.05, 4.69) is 22.3 Å². The summed E-state index contributed by atoms with van der Waals surface area (Å²) in [6, 6.07) is 10.2. The van der Waals surface area contributed by atoms with Gasteiger partial charge in [-0.3, -0.25) is 4.79 Å². The van der Waals surface area contributed by atoms with E-state index in [1.807, 2.05) is 30.5 Å². The van der Waals surface area contributed by atoms with Gasteiger partial charge in [0, 0.05) is 25.0 Å². The summed E-state index contributed by atoms with van der Waals surface area (Å²) in [5, 5.41) is 6.96. The molecule has 3 rings (SSSR count). The second-order valence-corrected chi connectivity index (χ2v) is 6.86. The number of nitrogens with zero attached hydrogens (tertiary/aromatic N) is 3. The maximum absolute atomic E-state index is 12.6. The van der Waals surface area contributed by atoms with Crippen molar-refractivity contribution in [3.05, 3.63) is 52.5 Å². The Kier molecular flexibility index (Phi) is 5.25. The Labute approximate surface area is 146 Å². The van der Waals surface area contributed by atoms with Crippen LogP contribution in [-0.4, -0.2) is 34.7 Å². The minimum Gasteiger partial charge on any atom is -0.382 e. The average Bonchev–Trinajstić information content (AvgIpc) is 3.30. The number of aromatic nitrogens is 1. The first kappa shape index (κ1) is 16.6. The van der Waals surface area contributed by atoms with Crippen LogP contribution in [0.15, 0.2) is 47.1 Å². The van der Waals surface area contributed by atoms with Crippen molar-refractivity contribution in [1.82, 2.24) is 9.88 Å². The third-order valence-corrected chi connectivity index (χ3v) is 5.23. The minimum absolute atomic E-state index is 0.0452. The van der Waals surface area contributed by atoms with Crippen molar-refractivity contribution < 1.29 is 9.63 Å². The molecular formula is C18H21N3O2S. The number of carbonyl (C=O) groups excluding carboxylic acids is 1. The molecule has 1 aliphatic rings. The zero-order valence-electron chi connectivity index (χ0n) is 13.9. The van der Waals surface area contributed by atoms with Crippen molar-refractivity contribution in [3.8, 4) is 0 Å². The standard InChI is InChI=1S/C18H21N3O2S/c1-13(17-19-10-11-24-17)21(2)18(22)16-12-15(20-23-16)9-8-14-6-4-3-5-7-14/h3-7,10-11,13,16H,8-9,12H2,1-2H3/t13-,16-/m1/s1. The topological polar surface area (TPSA) is 54.8 Å². The van der Waals surface area contributed by atoms with Crippen LogP contribution in [0.3, 0.4) is 0 Å². The number of thiazole rings is 1. The van der Waals surface area contributed by atoms with E-state index in [4.69, 9.17) is 4.84 Å². The quantitative estimate of drug-likeness (QED) is 0.807. The predicted octanol–water partition coefficient (Wildman–Crippen LogP) is 3.44. The van der Waals surface area contributed by atoms with Crippen LogP contribution in [0.25, 0.3) is 0 Å². The van der Waals surface area contributed by atoms with Crippen LogP contribution >= 0.6 is 11.3 Å². The van der Waals surface area contributed by atoms with E-state index in [0.717, 1.165) is 23.6 Å². The van der Waals surface area contributed by atoms with Gasteiger partial charge < -0.3 is 9.74 Å². The Morgan fingerprint density at radius 2 is 2.17 bits per heavy atom. The van der Waals surface area contributed by atoms with Crippen LogP contribution < -0.4 is 0 Å². The fourth-order valence-corrected chi connectivity index (χ4v) is 3.40. The highest BCUT2D eigenvalue weighted by molar-refractivity contribution is 7.09. The fraction of sp³-hybridized carbons (Fsp3) is 0.389. The van der Waals surface area contributed by atoms with Crippen molar-refractivity contribution in [2.24, 2.45) is 5.16 Å². The lowest BCUT2D eigenvalue weighted by Gasteiger charge is -2.25. The summed E-state index contributed by atoms with van der Waals surface area (Å²) in [5.41, 5.74) is 2.22. The van der Waals surface area contributed by atoms with Gasteiger partial charge in [-0.05, 0) is 25.3 Å². The maximum atomic E-state index is 12.6. The van der Waals surface area contributed by atoms with Crippen LogP contribution in [0.2, 0.25) is 0 Å². The molecule has 1 aromatic heterocycles. The summed E-state index contributed by atoms with van der Waals surface area (Å²) in [7, 11) is 1.79. The van der Waals surface area contributed by atoms with Crippen LogP contribution in [-0.2, 0) is 16.1 Å². The van der Waals surface area contributed by atoms with Gasteiger partial charge in [0.1, 0.15) is 5.01 Å². The minimum atomic E-state index is -0.511. The Bertz CT molecular complexity index is 700. The summed E-state index contributed by atoms with van der Waals surface area (Å²) in [4.78, 5) is 24.0. The average molecular weight is 343 g/mol. The number of hydrogen-bond acceptors (Lipinski definition) is 5. The molecule has 24 heavy (non-hydrogen) atoms. The largest absolute Gasteiger partial charge is 0.382 e. The molecule has 0 N–H and O–H groups in total. The highest BCUT2D eigenvalue weighted by Crippen LogP contribution is 2.24. The molecular weight excluding hydrogens is 322 g/mol. The number of benzene rings is 1. The second-order valence-electron chi connectivity index (χ2n) is 5.94. The molecule has 0 aliphatic carbocycles. The van der Waals surface area contributed by atoms with Gasteiger partial charge in [-0.2, -0.15) is 0 Å². The summed E-state index contributed by atoms with van der Waals surface area (Å²) >= 11 is 1.55. The Morgan fingerprint density at radius 3 is 2.88 bits per heavy atom. The molecule has 2 atom stereocenters. The molecule has 0 spiro atoms.